The number of nitrogens with two attached hydrogens (primary N) is 1. The van der Waals surface area contributed by atoms with Gasteiger partial charge in [-0.1, -0.05) is 13.8 Å². The number of Topliss-reactive ketones (excluding diaryl/α,β-unsaturated/α-hetero) is 2. The highest BCUT2D eigenvalue weighted by Gasteiger charge is 2.64. The Bertz CT molecular complexity index is 1640. The molecule has 1 amide bonds. The number of aliphatic hydroxyl groups is 3. The van der Waals surface area contributed by atoms with E-state index in [-0.39, 0.29) is 30.0 Å². The number of fused-ring (bicyclic) bond motifs is 3. The number of hydrogen-bond acceptors (Lipinski definition) is 13. The van der Waals surface area contributed by atoms with Gasteiger partial charge in [-0.05, 0) is 58.2 Å². The second kappa shape index (κ2) is 13.0. The molecule has 5 atom stereocenters. The Hall–Kier alpha value is -4.10. The fourth-order valence-corrected chi connectivity index (χ4v) is 6.71. The van der Waals surface area contributed by atoms with E-state index in [0.29, 0.717) is 30.6 Å². The molecule has 0 heterocycles. The summed E-state index contributed by atoms with van der Waals surface area (Å²) in [5.41, 5.74) is 1.17. The zero-order chi connectivity index (χ0) is 35.2. The number of aromatic hydroxyl groups is 1. The smallest absolute Gasteiger partial charge is 0.394 e. The zero-order valence-electron chi connectivity index (χ0n) is 25.8. The van der Waals surface area contributed by atoms with Gasteiger partial charge in [0.1, 0.15) is 17.1 Å². The van der Waals surface area contributed by atoms with Gasteiger partial charge in [-0.15, -0.1) is 0 Å². The van der Waals surface area contributed by atoms with Crippen molar-refractivity contribution in [1.29, 1.82) is 0 Å². The number of amides is 1. The number of rotatable bonds is 8. The van der Waals surface area contributed by atoms with Crippen molar-refractivity contribution < 1.29 is 57.3 Å². The number of hydrogen-bond donors (Lipinski definition) is 7. The summed E-state index contributed by atoms with van der Waals surface area (Å²) in [6, 6.07) is 0.0152. The number of aliphatic hydroxyl groups excluding tert-OH is 2. The summed E-state index contributed by atoms with van der Waals surface area (Å²) in [6.45, 7) is 6.40. The lowest BCUT2D eigenvalue weighted by molar-refractivity contribution is -0.385. The fourth-order valence-electron chi connectivity index (χ4n) is 6.71. The van der Waals surface area contributed by atoms with Crippen molar-refractivity contribution in [3.8, 4) is 5.75 Å². The molecule has 0 aliphatic heterocycles. The molecule has 0 saturated heterocycles. The predicted molar refractivity (Wildman–Crippen MR) is 162 cm³/mol. The third-order valence-electron chi connectivity index (χ3n) is 8.77. The lowest BCUT2D eigenvalue weighted by atomic mass is 9.57. The first-order valence-corrected chi connectivity index (χ1v) is 15.7. The Kier molecular flexibility index (Phi) is 10.2. The lowest BCUT2D eigenvalue weighted by Crippen LogP contribution is -2.65. The van der Waals surface area contributed by atoms with Crippen LogP contribution in [0.5, 0.6) is 5.75 Å². The molecule has 18 heteroatoms. The highest BCUT2D eigenvalue weighted by Crippen LogP contribution is 2.55. The third kappa shape index (κ3) is 6.17. The molecule has 1 aromatic rings. The molecular weight excluding hydrogens is 632 g/mol. The molecule has 254 valence electrons. The number of primary amides is 1. The van der Waals surface area contributed by atoms with Gasteiger partial charge >= 0.3 is 16.1 Å². The van der Waals surface area contributed by atoms with Crippen LogP contribution in [0, 0.1) is 22.0 Å². The molecule has 0 spiro atoms. The van der Waals surface area contributed by atoms with Crippen molar-refractivity contribution >= 4 is 45.0 Å². The van der Waals surface area contributed by atoms with Gasteiger partial charge in [-0.25, -0.2) is 0 Å². The number of carbonyl (C=O) groups is 3. The van der Waals surface area contributed by atoms with Crippen LogP contribution in [-0.4, -0.2) is 104 Å². The van der Waals surface area contributed by atoms with Gasteiger partial charge in [0.15, 0.2) is 11.4 Å². The van der Waals surface area contributed by atoms with Crippen molar-refractivity contribution in [3.05, 3.63) is 44.2 Å². The van der Waals surface area contributed by atoms with Crippen molar-refractivity contribution in [2.24, 2.45) is 17.6 Å². The highest BCUT2D eigenvalue weighted by atomic mass is 32.3. The van der Waals surface area contributed by atoms with Crippen LogP contribution in [0.1, 0.15) is 51.2 Å². The number of nitrogens with zero attached hydrogens (tertiary/aromatic N) is 3. The van der Waals surface area contributed by atoms with Crippen LogP contribution in [0.25, 0.3) is 5.76 Å². The Morgan fingerprint density at radius 3 is 2.22 bits per heavy atom. The van der Waals surface area contributed by atoms with E-state index in [0.717, 1.165) is 0 Å². The predicted octanol–water partition coefficient (Wildman–Crippen LogP) is 1.23. The van der Waals surface area contributed by atoms with Crippen LogP contribution in [0.2, 0.25) is 0 Å². The monoisotopic (exact) mass is 670 g/mol. The summed E-state index contributed by atoms with van der Waals surface area (Å²) >= 11 is 0. The Morgan fingerprint density at radius 2 is 1.76 bits per heavy atom. The fraction of sp³-hybridized carbons (Fsp3) is 0.536. The van der Waals surface area contributed by atoms with Crippen molar-refractivity contribution in [3.63, 3.8) is 0 Å². The van der Waals surface area contributed by atoms with Crippen LogP contribution in [0.3, 0.4) is 0 Å². The van der Waals surface area contributed by atoms with Crippen molar-refractivity contribution in [1.82, 2.24) is 4.90 Å². The number of benzene rings is 1. The average Bonchev–Trinajstić information content (AvgIpc) is 2.92. The summed E-state index contributed by atoms with van der Waals surface area (Å²) in [5.74, 6) is -8.11. The Balaban J connectivity index is 0.00000107. The van der Waals surface area contributed by atoms with Gasteiger partial charge < -0.3 is 31.1 Å². The average molecular weight is 671 g/mol. The lowest BCUT2D eigenvalue weighted by Gasteiger charge is -2.50. The molecule has 3 aliphatic carbocycles. The molecule has 1 fully saturated rings. The van der Waals surface area contributed by atoms with Gasteiger partial charge in [0.2, 0.25) is 11.5 Å². The molecule has 8 N–H and O–H groups in total. The minimum Gasteiger partial charge on any atom is -0.508 e. The number of likely N-dealkylation sites (N-methyl/N-ethyl adjacent to an activating group) is 1. The number of nitro benzene ring substituents is 1. The van der Waals surface area contributed by atoms with Gasteiger partial charge in [0.05, 0.1) is 16.5 Å². The van der Waals surface area contributed by atoms with Crippen LogP contribution < -0.4 is 10.6 Å². The number of anilines is 1. The third-order valence-corrected chi connectivity index (χ3v) is 8.77. The SMILES string of the molecule is CCCN(c1cc([N+](=O)[O-])c(O)c2c1CC1CC3[C@H](N(C)C)C(=O)C(C(N)=O)=C(O)[C@@]3(O)C(=O)C1=C2O)C(C)CC.O=S(=O)(O)O. The molecule has 17 nitrogen and oxygen atoms in total. The second-order valence-corrected chi connectivity index (χ2v) is 12.6. The summed E-state index contributed by atoms with van der Waals surface area (Å²) in [6.07, 6.45) is 1.39. The molecule has 4 rings (SSSR count). The quantitative estimate of drug-likeness (QED) is 0.0886. The van der Waals surface area contributed by atoms with E-state index in [9.17, 15) is 44.9 Å². The summed E-state index contributed by atoms with van der Waals surface area (Å²) in [5, 5.41) is 57.2. The molecule has 0 aromatic heterocycles. The van der Waals surface area contributed by atoms with Crippen LogP contribution >= 0.6 is 0 Å². The van der Waals surface area contributed by atoms with Gasteiger partial charge in [0.25, 0.3) is 5.91 Å². The second-order valence-electron chi connectivity index (χ2n) is 11.7. The molecule has 0 bridgehead atoms. The largest absolute Gasteiger partial charge is 0.508 e. The summed E-state index contributed by atoms with van der Waals surface area (Å²) in [7, 11) is -1.62. The first-order valence-electron chi connectivity index (χ1n) is 14.3. The molecular formula is C28H38N4O13S. The number of nitro groups is 1. The first-order chi connectivity index (χ1) is 21.1. The summed E-state index contributed by atoms with van der Waals surface area (Å²) < 4.78 is 31.6. The Morgan fingerprint density at radius 1 is 1.20 bits per heavy atom. The topological polar surface area (TPSA) is 282 Å². The molecule has 46 heavy (non-hydrogen) atoms. The molecule has 0 radical (unpaired) electrons. The van der Waals surface area contributed by atoms with Crippen molar-refractivity contribution in [2.75, 3.05) is 25.5 Å². The van der Waals surface area contributed by atoms with Gasteiger partial charge in [-0.2, -0.15) is 8.42 Å². The standard InChI is InChI=1S/C28H36N4O9.H2O4S/c1-6-8-31(12(3)7-2)16-11-17(32(40)41)22(33)19-14(16)9-13-10-15-21(30(4)5)24(35)20(27(29)38)26(37)28(15,39)25(36)18(13)23(19)34;1-5(2,3)4/h11-13,15,21,33-34,37,39H,6-10H2,1-5H3,(H2,29,38);(H2,1,2,3,4)/t12?,13?,15?,21-,28-;/m0./s1. The maximum Gasteiger partial charge on any atom is 0.394 e. The maximum atomic E-state index is 14.0. The van der Waals surface area contributed by atoms with Crippen LogP contribution in [0.4, 0.5) is 11.4 Å². The van der Waals surface area contributed by atoms with E-state index in [1.165, 1.54) is 25.1 Å². The number of phenolic OH excluding ortho intramolecular Hbond substituents is 1. The molecule has 1 aromatic carbocycles. The number of carbonyl (C=O) groups excluding carboxylic acids is 3. The van der Waals surface area contributed by atoms with E-state index in [2.05, 4.69) is 0 Å². The van der Waals surface area contributed by atoms with E-state index < -0.39 is 84.8 Å². The zero-order valence-corrected chi connectivity index (χ0v) is 26.6. The normalized spacial score (nSPS) is 24.8. The van der Waals surface area contributed by atoms with E-state index >= 15 is 0 Å². The van der Waals surface area contributed by atoms with E-state index in [1.807, 2.05) is 25.7 Å². The van der Waals surface area contributed by atoms with Crippen LogP contribution in [0.15, 0.2) is 23.0 Å². The minimum atomic E-state index is -4.67. The number of ketones is 2. The minimum absolute atomic E-state index is 0.0477. The number of phenols is 1. The van der Waals surface area contributed by atoms with Gasteiger partial charge in [-0.3, -0.25) is 38.5 Å². The Labute approximate surface area is 264 Å². The maximum absolute atomic E-state index is 14.0. The van der Waals surface area contributed by atoms with E-state index in [4.69, 9.17) is 23.3 Å². The van der Waals surface area contributed by atoms with Crippen LogP contribution in [-0.2, 0) is 31.2 Å². The van der Waals surface area contributed by atoms with Crippen molar-refractivity contribution in [2.45, 2.75) is 64.1 Å². The molecule has 3 unspecified atom stereocenters. The van der Waals surface area contributed by atoms with Gasteiger partial charge in [0, 0.05) is 35.8 Å². The highest BCUT2D eigenvalue weighted by molar-refractivity contribution is 7.79. The molecule has 1 saturated carbocycles. The first kappa shape index (κ1) is 36.4. The van der Waals surface area contributed by atoms with E-state index in [1.54, 1.807) is 0 Å². The molecule has 3 aliphatic rings. The summed E-state index contributed by atoms with van der Waals surface area (Å²) in [4.78, 5) is 54.0.